The first-order chi connectivity index (χ1) is 14.1. The molecule has 1 rings (SSSR count). The Balaban J connectivity index is 2.83. The van der Waals surface area contributed by atoms with Gasteiger partial charge in [0.1, 0.15) is 0 Å². The van der Waals surface area contributed by atoms with Crippen molar-refractivity contribution in [3.8, 4) is 0 Å². The fourth-order valence-electron chi connectivity index (χ4n) is 4.78. The minimum absolute atomic E-state index is 0.165. The van der Waals surface area contributed by atoms with Gasteiger partial charge in [0.15, 0.2) is 0 Å². The molecule has 0 aromatic heterocycles. The molecule has 170 valence electrons. The molecule has 0 bridgehead atoms. The largest absolute Gasteiger partial charge is 0.465 e. The Morgan fingerprint density at radius 2 is 1.07 bits per heavy atom. The van der Waals surface area contributed by atoms with Gasteiger partial charge in [0, 0.05) is 0 Å². The van der Waals surface area contributed by atoms with Gasteiger partial charge in [0.25, 0.3) is 0 Å². The van der Waals surface area contributed by atoms with Gasteiger partial charge in [-0.05, 0) is 37.5 Å². The van der Waals surface area contributed by atoms with Gasteiger partial charge in [0.2, 0.25) is 0 Å². The molecule has 0 N–H and O–H groups in total. The van der Waals surface area contributed by atoms with Gasteiger partial charge in [0.05, 0.1) is 25.0 Å². The Morgan fingerprint density at radius 1 is 0.655 bits per heavy atom. The zero-order valence-electron chi connectivity index (χ0n) is 19.5. The number of carbonyl (C=O) groups is 2. The van der Waals surface area contributed by atoms with E-state index < -0.39 is 0 Å². The van der Waals surface area contributed by atoms with Crippen LogP contribution in [0, 0.1) is 23.7 Å². The summed E-state index contributed by atoms with van der Waals surface area (Å²) in [6.45, 7) is 9.55. The predicted octanol–water partition coefficient (Wildman–Crippen LogP) is 6.70. The fourth-order valence-corrected chi connectivity index (χ4v) is 4.78. The molecule has 1 saturated carbocycles. The Labute approximate surface area is 179 Å². The molecular weight excluding hydrogens is 364 g/mol. The van der Waals surface area contributed by atoms with Crippen LogP contribution in [-0.2, 0) is 19.1 Å². The van der Waals surface area contributed by atoms with Crippen molar-refractivity contribution in [1.29, 1.82) is 0 Å². The van der Waals surface area contributed by atoms with Gasteiger partial charge in [-0.25, -0.2) is 0 Å². The molecule has 0 aromatic carbocycles. The van der Waals surface area contributed by atoms with E-state index in [1.807, 2.05) is 0 Å². The van der Waals surface area contributed by atoms with E-state index in [4.69, 9.17) is 9.47 Å². The van der Waals surface area contributed by atoms with E-state index in [-0.39, 0.29) is 35.6 Å². The van der Waals surface area contributed by atoms with Gasteiger partial charge >= 0.3 is 11.9 Å². The smallest absolute Gasteiger partial charge is 0.310 e. The lowest BCUT2D eigenvalue weighted by atomic mass is 9.74. The Bertz CT molecular complexity index is 408. The number of ether oxygens (including phenoxy) is 2. The van der Waals surface area contributed by atoms with Crippen molar-refractivity contribution in [2.75, 3.05) is 13.2 Å². The van der Waals surface area contributed by atoms with Crippen LogP contribution in [0.15, 0.2) is 0 Å². The van der Waals surface area contributed by atoms with Gasteiger partial charge in [-0.2, -0.15) is 0 Å². The van der Waals surface area contributed by atoms with Crippen molar-refractivity contribution in [2.24, 2.45) is 23.7 Å². The van der Waals surface area contributed by atoms with Crippen molar-refractivity contribution in [1.82, 2.24) is 0 Å². The molecule has 4 heteroatoms. The molecule has 4 atom stereocenters. The third kappa shape index (κ3) is 9.09. The van der Waals surface area contributed by atoms with E-state index >= 15 is 0 Å². The second-order valence-corrected chi connectivity index (χ2v) is 8.78. The molecule has 0 amide bonds. The van der Waals surface area contributed by atoms with Crippen molar-refractivity contribution in [2.45, 2.75) is 111 Å². The Kier molecular flexibility index (Phi) is 14.1. The van der Waals surface area contributed by atoms with Crippen molar-refractivity contribution in [3.05, 3.63) is 0 Å². The van der Waals surface area contributed by atoms with Gasteiger partial charge in [-0.15, -0.1) is 0 Å². The van der Waals surface area contributed by atoms with E-state index in [1.165, 1.54) is 25.7 Å². The molecule has 0 aromatic rings. The van der Waals surface area contributed by atoms with Crippen LogP contribution in [0.2, 0.25) is 0 Å². The second-order valence-electron chi connectivity index (χ2n) is 8.78. The molecule has 0 aliphatic heterocycles. The molecule has 0 heterocycles. The number of hydrogen-bond donors (Lipinski definition) is 0. The third-order valence-electron chi connectivity index (χ3n) is 6.63. The maximum atomic E-state index is 13.1. The van der Waals surface area contributed by atoms with Crippen LogP contribution in [0.25, 0.3) is 0 Å². The molecule has 1 aliphatic carbocycles. The Morgan fingerprint density at radius 3 is 1.41 bits per heavy atom. The first-order valence-corrected chi connectivity index (χ1v) is 12.4. The minimum atomic E-state index is -0.346. The lowest BCUT2D eigenvalue weighted by Crippen LogP contribution is -2.40. The van der Waals surface area contributed by atoms with E-state index in [0.717, 1.165) is 57.8 Å². The first kappa shape index (κ1) is 26.0. The average molecular weight is 411 g/mol. The van der Waals surface area contributed by atoms with Gasteiger partial charge in [-0.3, -0.25) is 9.59 Å². The van der Waals surface area contributed by atoms with Crippen molar-refractivity contribution >= 4 is 11.9 Å². The standard InChI is InChI=1S/C25H46O4/c1-5-9-11-13-18-28-24(26)22-20(7-3)16-15-17-21(8-4)23(22)25(27)29-19-14-12-10-6-2/h20-23H,5-19H2,1-4H3. The first-order valence-electron chi connectivity index (χ1n) is 12.4. The van der Waals surface area contributed by atoms with Gasteiger partial charge in [-0.1, -0.05) is 85.5 Å². The minimum Gasteiger partial charge on any atom is -0.465 e. The molecule has 4 unspecified atom stereocenters. The summed E-state index contributed by atoms with van der Waals surface area (Å²) in [5.74, 6) is -0.591. The maximum Gasteiger partial charge on any atom is 0.310 e. The summed E-state index contributed by atoms with van der Waals surface area (Å²) in [6.07, 6.45) is 13.6. The number of rotatable bonds is 14. The highest BCUT2D eigenvalue weighted by molar-refractivity contribution is 5.82. The van der Waals surface area contributed by atoms with Crippen LogP contribution >= 0.6 is 0 Å². The summed E-state index contributed by atoms with van der Waals surface area (Å²) >= 11 is 0. The summed E-state index contributed by atoms with van der Waals surface area (Å²) in [5, 5.41) is 0. The molecule has 0 spiro atoms. The lowest BCUT2D eigenvalue weighted by Gasteiger charge is -2.31. The monoisotopic (exact) mass is 410 g/mol. The topological polar surface area (TPSA) is 52.6 Å². The van der Waals surface area contributed by atoms with Crippen LogP contribution in [0.5, 0.6) is 0 Å². The zero-order valence-corrected chi connectivity index (χ0v) is 19.5. The maximum absolute atomic E-state index is 13.1. The molecule has 1 aliphatic rings. The molecule has 29 heavy (non-hydrogen) atoms. The van der Waals surface area contributed by atoms with Crippen LogP contribution in [-0.4, -0.2) is 25.2 Å². The van der Waals surface area contributed by atoms with E-state index in [2.05, 4.69) is 27.7 Å². The van der Waals surface area contributed by atoms with Gasteiger partial charge < -0.3 is 9.47 Å². The number of unbranched alkanes of at least 4 members (excludes halogenated alkanes) is 6. The summed E-state index contributed by atoms with van der Waals surface area (Å²) in [5.41, 5.74) is 0. The highest BCUT2D eigenvalue weighted by Crippen LogP contribution is 2.41. The highest BCUT2D eigenvalue weighted by atomic mass is 16.5. The van der Waals surface area contributed by atoms with Crippen LogP contribution in [0.4, 0.5) is 0 Å². The zero-order chi connectivity index (χ0) is 21.5. The average Bonchev–Trinajstić information content (AvgIpc) is 2.92. The SMILES string of the molecule is CCCCCCOC(=O)C1C(CC)CCCC(CC)C1C(=O)OCCCCCC. The highest BCUT2D eigenvalue weighted by Gasteiger charge is 2.45. The van der Waals surface area contributed by atoms with Crippen LogP contribution < -0.4 is 0 Å². The molecular formula is C25H46O4. The normalized spacial score (nSPS) is 24.7. The summed E-state index contributed by atoms with van der Waals surface area (Å²) in [7, 11) is 0. The Hall–Kier alpha value is -1.06. The lowest BCUT2D eigenvalue weighted by molar-refractivity contribution is -0.165. The van der Waals surface area contributed by atoms with E-state index in [9.17, 15) is 9.59 Å². The molecule has 4 nitrogen and oxygen atoms in total. The molecule has 1 fully saturated rings. The van der Waals surface area contributed by atoms with Crippen LogP contribution in [0.3, 0.4) is 0 Å². The van der Waals surface area contributed by atoms with Crippen molar-refractivity contribution < 1.29 is 19.1 Å². The van der Waals surface area contributed by atoms with E-state index in [1.54, 1.807) is 0 Å². The summed E-state index contributed by atoms with van der Waals surface area (Å²) in [6, 6.07) is 0. The number of carbonyl (C=O) groups excluding carboxylic acids is 2. The summed E-state index contributed by atoms with van der Waals surface area (Å²) in [4.78, 5) is 26.2. The number of esters is 2. The fraction of sp³-hybridized carbons (Fsp3) is 0.920. The number of hydrogen-bond acceptors (Lipinski definition) is 4. The molecule has 0 radical (unpaired) electrons. The van der Waals surface area contributed by atoms with Crippen molar-refractivity contribution in [3.63, 3.8) is 0 Å². The van der Waals surface area contributed by atoms with Crippen LogP contribution in [0.1, 0.15) is 111 Å². The van der Waals surface area contributed by atoms with E-state index in [0.29, 0.717) is 13.2 Å². The second kappa shape index (κ2) is 15.7. The third-order valence-corrected chi connectivity index (χ3v) is 6.63. The molecule has 0 saturated heterocycles. The predicted molar refractivity (Wildman–Crippen MR) is 119 cm³/mol. The quantitative estimate of drug-likeness (QED) is 0.182. The summed E-state index contributed by atoms with van der Waals surface area (Å²) < 4.78 is 11.4.